The average Bonchev–Trinajstić information content (AvgIpc) is 3.41. The van der Waals surface area contributed by atoms with Gasteiger partial charge in [-0.05, 0) is 45.2 Å². The van der Waals surface area contributed by atoms with Gasteiger partial charge in [0.05, 0.1) is 6.20 Å². The number of nitrogens with one attached hydrogen (secondary N) is 2. The summed E-state index contributed by atoms with van der Waals surface area (Å²) in [5.74, 6) is 0.0775. The lowest BCUT2D eigenvalue weighted by molar-refractivity contribution is 0.0906. The lowest BCUT2D eigenvalue weighted by Crippen LogP contribution is -2.53. The van der Waals surface area contributed by atoms with Gasteiger partial charge in [-0.25, -0.2) is 4.98 Å². The van der Waals surface area contributed by atoms with Gasteiger partial charge in [-0.1, -0.05) is 31.5 Å². The number of aromatic nitrogens is 2. The Labute approximate surface area is 190 Å². The summed E-state index contributed by atoms with van der Waals surface area (Å²) < 4.78 is 5.87. The highest BCUT2D eigenvalue weighted by Gasteiger charge is 2.28. The highest BCUT2D eigenvalue weighted by molar-refractivity contribution is 5.91. The van der Waals surface area contributed by atoms with Gasteiger partial charge in [0.15, 0.2) is 0 Å². The van der Waals surface area contributed by atoms with Crippen LogP contribution in [-0.4, -0.2) is 58.5 Å². The molecule has 1 fully saturated rings. The lowest BCUT2D eigenvalue weighted by atomic mass is 10.0. The van der Waals surface area contributed by atoms with E-state index in [1.807, 2.05) is 18.3 Å². The Bertz CT molecular complexity index is 1040. The third-order valence-electron chi connectivity index (χ3n) is 6.33. The van der Waals surface area contributed by atoms with Crippen LogP contribution in [0.4, 0.5) is 6.01 Å². The molecule has 7 nitrogen and oxygen atoms in total. The van der Waals surface area contributed by atoms with E-state index in [9.17, 15) is 4.79 Å². The molecule has 1 atom stereocenters. The Morgan fingerprint density at radius 1 is 1.22 bits per heavy atom. The molecule has 1 aliphatic heterocycles. The standard InChI is InChI=1S/C25H35N5O2/c1-5-8-19(15-18-16-26-21-10-7-6-9-20(18)21)28-23(31)22-17-27-24(32-22)29-11-13-30(14-12-29)25(2,3)4/h6-7,9-10,16-17,19,26H,5,8,11-15H2,1-4H3,(H,28,31). The Hall–Kier alpha value is -2.80. The number of para-hydroxylation sites is 1. The molecule has 0 radical (unpaired) electrons. The molecule has 1 aromatic carbocycles. The number of hydrogen-bond acceptors (Lipinski definition) is 5. The number of H-pyrrole nitrogens is 1. The van der Waals surface area contributed by atoms with Crippen LogP contribution >= 0.6 is 0 Å². The van der Waals surface area contributed by atoms with E-state index in [0.717, 1.165) is 51.0 Å². The van der Waals surface area contributed by atoms with Gasteiger partial charge in [0, 0.05) is 54.9 Å². The molecule has 1 aliphatic rings. The first-order chi connectivity index (χ1) is 15.3. The molecule has 1 unspecified atom stereocenters. The highest BCUT2D eigenvalue weighted by Crippen LogP contribution is 2.22. The molecular weight excluding hydrogens is 402 g/mol. The van der Waals surface area contributed by atoms with Crippen LogP contribution in [0.3, 0.4) is 0 Å². The number of fused-ring (bicyclic) bond motifs is 1. The summed E-state index contributed by atoms with van der Waals surface area (Å²) in [4.78, 5) is 25.2. The molecule has 0 spiro atoms. The smallest absolute Gasteiger partial charge is 0.298 e. The summed E-state index contributed by atoms with van der Waals surface area (Å²) >= 11 is 0. The Kier molecular flexibility index (Phi) is 6.55. The van der Waals surface area contributed by atoms with E-state index >= 15 is 0 Å². The number of anilines is 1. The molecule has 3 heterocycles. The van der Waals surface area contributed by atoms with Crippen molar-refractivity contribution in [3.8, 4) is 0 Å². The number of oxazole rings is 1. The molecule has 172 valence electrons. The number of piperazine rings is 1. The van der Waals surface area contributed by atoms with Crippen molar-refractivity contribution >= 4 is 22.8 Å². The van der Waals surface area contributed by atoms with E-state index in [1.54, 1.807) is 6.20 Å². The molecule has 1 amide bonds. The van der Waals surface area contributed by atoms with Crippen LogP contribution in [-0.2, 0) is 6.42 Å². The van der Waals surface area contributed by atoms with Crippen molar-refractivity contribution in [1.82, 2.24) is 20.2 Å². The van der Waals surface area contributed by atoms with Crippen LogP contribution in [0.2, 0.25) is 0 Å². The van der Waals surface area contributed by atoms with Crippen LogP contribution in [0.5, 0.6) is 0 Å². The minimum absolute atomic E-state index is 0.0376. The molecule has 1 saturated heterocycles. The molecule has 7 heteroatoms. The molecule has 32 heavy (non-hydrogen) atoms. The number of rotatable bonds is 7. The fourth-order valence-electron chi connectivity index (χ4n) is 4.48. The predicted molar refractivity (Wildman–Crippen MR) is 128 cm³/mol. The SMILES string of the molecule is CCCC(Cc1c[nH]c2ccccc12)NC(=O)c1cnc(N2CCN(C(C)(C)C)CC2)o1. The monoisotopic (exact) mass is 437 g/mol. The summed E-state index contributed by atoms with van der Waals surface area (Å²) in [6.07, 6.45) is 6.27. The zero-order valence-electron chi connectivity index (χ0n) is 19.6. The second kappa shape index (κ2) is 9.36. The van der Waals surface area contributed by atoms with Gasteiger partial charge >= 0.3 is 0 Å². The van der Waals surface area contributed by atoms with Crippen molar-refractivity contribution in [2.45, 2.75) is 58.5 Å². The zero-order chi connectivity index (χ0) is 22.7. The molecule has 2 N–H and O–H groups in total. The number of carbonyl (C=O) groups is 1. The maximum Gasteiger partial charge on any atom is 0.298 e. The van der Waals surface area contributed by atoms with E-state index in [0.29, 0.717) is 6.01 Å². The Morgan fingerprint density at radius 3 is 2.69 bits per heavy atom. The second-order valence-electron chi connectivity index (χ2n) is 9.67. The number of nitrogens with zero attached hydrogens (tertiary/aromatic N) is 3. The highest BCUT2D eigenvalue weighted by atomic mass is 16.4. The van der Waals surface area contributed by atoms with Crippen molar-refractivity contribution in [2.24, 2.45) is 0 Å². The van der Waals surface area contributed by atoms with E-state index < -0.39 is 0 Å². The number of benzene rings is 1. The van der Waals surface area contributed by atoms with E-state index in [4.69, 9.17) is 4.42 Å². The molecule has 0 aliphatic carbocycles. The van der Waals surface area contributed by atoms with Crippen molar-refractivity contribution < 1.29 is 9.21 Å². The van der Waals surface area contributed by atoms with Gasteiger partial charge in [-0.15, -0.1) is 0 Å². The number of carbonyl (C=O) groups excluding carboxylic acids is 1. The number of amides is 1. The zero-order valence-corrected chi connectivity index (χ0v) is 19.6. The quantitative estimate of drug-likeness (QED) is 0.579. The Morgan fingerprint density at radius 2 is 1.97 bits per heavy atom. The molecule has 0 saturated carbocycles. The minimum atomic E-state index is -0.199. The fraction of sp³-hybridized carbons (Fsp3) is 0.520. The molecule has 2 aromatic heterocycles. The minimum Gasteiger partial charge on any atom is -0.418 e. The third kappa shape index (κ3) is 4.99. The van der Waals surface area contributed by atoms with Gasteiger partial charge < -0.3 is 19.6 Å². The topological polar surface area (TPSA) is 77.4 Å². The van der Waals surface area contributed by atoms with Crippen LogP contribution in [0, 0.1) is 0 Å². The summed E-state index contributed by atoms with van der Waals surface area (Å²) in [7, 11) is 0. The molecule has 0 bridgehead atoms. The van der Waals surface area contributed by atoms with Gasteiger partial charge in [-0.3, -0.25) is 9.69 Å². The first kappa shape index (κ1) is 22.4. The maximum atomic E-state index is 12.9. The van der Waals surface area contributed by atoms with Crippen LogP contribution in [0.15, 0.2) is 41.1 Å². The molecular formula is C25H35N5O2. The Balaban J connectivity index is 1.39. The van der Waals surface area contributed by atoms with Crippen LogP contribution in [0.1, 0.15) is 56.7 Å². The first-order valence-corrected chi connectivity index (χ1v) is 11.7. The maximum absolute atomic E-state index is 12.9. The number of aromatic amines is 1. The van der Waals surface area contributed by atoms with Crippen molar-refractivity contribution in [1.29, 1.82) is 0 Å². The average molecular weight is 438 g/mol. The molecule has 3 aromatic rings. The van der Waals surface area contributed by atoms with Gasteiger partial charge in [0.1, 0.15) is 0 Å². The summed E-state index contributed by atoms with van der Waals surface area (Å²) in [6, 6.07) is 8.84. The third-order valence-corrected chi connectivity index (χ3v) is 6.33. The predicted octanol–water partition coefficient (Wildman–Crippen LogP) is 4.22. The van der Waals surface area contributed by atoms with Gasteiger partial charge in [0.25, 0.3) is 11.9 Å². The van der Waals surface area contributed by atoms with Crippen molar-refractivity contribution in [2.75, 3.05) is 31.1 Å². The van der Waals surface area contributed by atoms with E-state index in [1.165, 1.54) is 10.9 Å². The largest absolute Gasteiger partial charge is 0.418 e. The summed E-state index contributed by atoms with van der Waals surface area (Å²) in [5, 5.41) is 4.37. The van der Waals surface area contributed by atoms with Crippen molar-refractivity contribution in [3.63, 3.8) is 0 Å². The van der Waals surface area contributed by atoms with Crippen molar-refractivity contribution in [3.05, 3.63) is 48.0 Å². The summed E-state index contributed by atoms with van der Waals surface area (Å²) in [6.45, 7) is 12.4. The van der Waals surface area contributed by atoms with Crippen LogP contribution in [0.25, 0.3) is 10.9 Å². The van der Waals surface area contributed by atoms with Gasteiger partial charge in [0.2, 0.25) is 5.76 Å². The lowest BCUT2D eigenvalue weighted by Gasteiger charge is -2.41. The second-order valence-corrected chi connectivity index (χ2v) is 9.67. The van der Waals surface area contributed by atoms with Crippen LogP contribution < -0.4 is 10.2 Å². The number of hydrogen-bond donors (Lipinski definition) is 2. The first-order valence-electron chi connectivity index (χ1n) is 11.7. The van der Waals surface area contributed by atoms with E-state index in [-0.39, 0.29) is 23.2 Å². The normalized spacial score (nSPS) is 16.4. The molecule has 4 rings (SSSR count). The van der Waals surface area contributed by atoms with Gasteiger partial charge in [-0.2, -0.15) is 0 Å². The summed E-state index contributed by atoms with van der Waals surface area (Å²) in [5.41, 5.74) is 2.50. The van der Waals surface area contributed by atoms with E-state index in [2.05, 4.69) is 64.9 Å². The fourth-order valence-corrected chi connectivity index (χ4v) is 4.48.